The number of methoxy groups -OCH3 is 2. The summed E-state index contributed by atoms with van der Waals surface area (Å²) in [6, 6.07) is 3.34. The Morgan fingerprint density at radius 3 is 2.50 bits per heavy atom. The van der Waals surface area contributed by atoms with Gasteiger partial charge in [-0.05, 0) is 24.3 Å². The van der Waals surface area contributed by atoms with E-state index in [1.807, 2.05) is 11.8 Å². The van der Waals surface area contributed by atoms with Crippen LogP contribution in [0.2, 0.25) is 5.02 Å². The van der Waals surface area contributed by atoms with Crippen LogP contribution < -0.4 is 14.8 Å². The zero-order valence-corrected chi connectivity index (χ0v) is 13.1. The highest BCUT2D eigenvalue weighted by atomic mass is 35.5. The number of carbonyl (C=O) groups is 1. The average molecular weight is 316 g/mol. The largest absolute Gasteiger partial charge is 0.495 e. The van der Waals surface area contributed by atoms with Gasteiger partial charge in [-0.15, -0.1) is 0 Å². The second kappa shape index (κ2) is 7.09. The van der Waals surface area contributed by atoms with E-state index in [-0.39, 0.29) is 11.8 Å². The molecule has 0 unspecified atom stereocenters. The average Bonchev–Trinajstić information content (AvgIpc) is 2.49. The number of amides is 1. The summed E-state index contributed by atoms with van der Waals surface area (Å²) in [7, 11) is 3.09. The van der Waals surface area contributed by atoms with E-state index in [4.69, 9.17) is 21.1 Å². The van der Waals surface area contributed by atoms with Gasteiger partial charge in [0.2, 0.25) is 5.91 Å². The van der Waals surface area contributed by atoms with E-state index < -0.39 is 0 Å². The molecule has 1 aromatic carbocycles. The molecule has 1 amide bonds. The van der Waals surface area contributed by atoms with Gasteiger partial charge in [-0.3, -0.25) is 4.79 Å². The molecule has 0 spiro atoms. The topological polar surface area (TPSA) is 47.6 Å². The summed E-state index contributed by atoms with van der Waals surface area (Å²) >= 11 is 7.94. The maximum absolute atomic E-state index is 12.3. The predicted octanol–water partition coefficient (Wildman–Crippen LogP) is 3.44. The van der Waals surface area contributed by atoms with Crippen LogP contribution in [0.5, 0.6) is 11.5 Å². The van der Waals surface area contributed by atoms with Crippen molar-refractivity contribution >= 4 is 35.0 Å². The number of thioether (sulfide) groups is 1. The van der Waals surface area contributed by atoms with Crippen LogP contribution >= 0.6 is 23.4 Å². The number of rotatable bonds is 4. The fourth-order valence-corrected chi connectivity index (χ4v) is 3.49. The lowest BCUT2D eigenvalue weighted by Crippen LogP contribution is -2.26. The maximum atomic E-state index is 12.3. The number of nitrogens with one attached hydrogen (secondary N) is 1. The summed E-state index contributed by atoms with van der Waals surface area (Å²) < 4.78 is 10.4. The Kier molecular flexibility index (Phi) is 5.43. The number of anilines is 1. The minimum absolute atomic E-state index is 0.0352. The summed E-state index contributed by atoms with van der Waals surface area (Å²) in [5, 5.41) is 3.38. The van der Waals surface area contributed by atoms with E-state index >= 15 is 0 Å². The van der Waals surface area contributed by atoms with Crippen LogP contribution in [0.4, 0.5) is 5.69 Å². The molecule has 6 heteroatoms. The third-order valence-corrected chi connectivity index (χ3v) is 4.67. The molecule has 20 heavy (non-hydrogen) atoms. The van der Waals surface area contributed by atoms with E-state index in [1.54, 1.807) is 19.2 Å². The van der Waals surface area contributed by atoms with Crippen LogP contribution in [0.25, 0.3) is 0 Å². The van der Waals surface area contributed by atoms with Gasteiger partial charge in [0.25, 0.3) is 0 Å². The van der Waals surface area contributed by atoms with Gasteiger partial charge in [-0.2, -0.15) is 11.8 Å². The number of hydrogen-bond acceptors (Lipinski definition) is 4. The van der Waals surface area contributed by atoms with Crippen LogP contribution in [-0.4, -0.2) is 31.6 Å². The Hall–Kier alpha value is -1.07. The van der Waals surface area contributed by atoms with Gasteiger partial charge < -0.3 is 14.8 Å². The highest BCUT2D eigenvalue weighted by molar-refractivity contribution is 7.99. The molecule has 1 fully saturated rings. The predicted molar refractivity (Wildman–Crippen MR) is 83.2 cm³/mol. The lowest BCUT2D eigenvalue weighted by Gasteiger charge is -2.21. The summed E-state index contributed by atoms with van der Waals surface area (Å²) in [5.74, 6) is 3.24. The van der Waals surface area contributed by atoms with Gasteiger partial charge in [0, 0.05) is 18.1 Å². The molecule has 0 aliphatic carbocycles. The van der Waals surface area contributed by atoms with Gasteiger partial charge in [-0.1, -0.05) is 11.6 Å². The van der Waals surface area contributed by atoms with Crippen molar-refractivity contribution in [3.63, 3.8) is 0 Å². The molecule has 0 aromatic heterocycles. The number of ether oxygens (including phenoxy) is 2. The SMILES string of the molecule is COc1cc(NC(=O)C2CCSCC2)c(OC)cc1Cl. The van der Waals surface area contributed by atoms with Crippen molar-refractivity contribution in [3.05, 3.63) is 17.2 Å². The summed E-state index contributed by atoms with van der Waals surface area (Å²) in [6.45, 7) is 0. The molecular formula is C14H18ClNO3S. The Bertz CT molecular complexity index is 490. The molecule has 0 radical (unpaired) electrons. The molecule has 0 atom stereocenters. The normalized spacial score (nSPS) is 15.8. The third-order valence-electron chi connectivity index (χ3n) is 3.32. The van der Waals surface area contributed by atoms with Gasteiger partial charge in [0.15, 0.2) is 0 Å². The van der Waals surface area contributed by atoms with Gasteiger partial charge in [0.1, 0.15) is 11.5 Å². The van der Waals surface area contributed by atoms with Crippen LogP contribution in [0, 0.1) is 5.92 Å². The second-order valence-corrected chi connectivity index (χ2v) is 6.19. The van der Waals surface area contributed by atoms with Crippen molar-refractivity contribution in [2.75, 3.05) is 31.0 Å². The Morgan fingerprint density at radius 2 is 1.90 bits per heavy atom. The Balaban J connectivity index is 2.16. The lowest BCUT2D eigenvalue weighted by atomic mass is 10.0. The third kappa shape index (κ3) is 3.52. The zero-order chi connectivity index (χ0) is 14.5. The molecule has 1 aliphatic heterocycles. The molecule has 2 rings (SSSR count). The Labute approximate surface area is 128 Å². The van der Waals surface area contributed by atoms with Crippen molar-refractivity contribution in [2.45, 2.75) is 12.8 Å². The number of carbonyl (C=O) groups excluding carboxylic acids is 1. The Morgan fingerprint density at radius 1 is 1.25 bits per heavy atom. The van der Waals surface area contributed by atoms with Gasteiger partial charge >= 0.3 is 0 Å². The van der Waals surface area contributed by atoms with Crippen molar-refractivity contribution in [2.24, 2.45) is 5.92 Å². The minimum atomic E-state index is 0.0352. The molecule has 4 nitrogen and oxygen atoms in total. The fourth-order valence-electron chi connectivity index (χ4n) is 2.15. The number of halogens is 1. The first kappa shape index (κ1) is 15.3. The summed E-state index contributed by atoms with van der Waals surface area (Å²) in [4.78, 5) is 12.3. The summed E-state index contributed by atoms with van der Waals surface area (Å²) in [6.07, 6.45) is 1.84. The van der Waals surface area contributed by atoms with Crippen molar-refractivity contribution in [1.82, 2.24) is 0 Å². The first-order valence-corrected chi connectivity index (χ1v) is 7.99. The number of benzene rings is 1. The second-order valence-electron chi connectivity index (χ2n) is 4.56. The van der Waals surface area contributed by atoms with E-state index in [9.17, 15) is 4.79 Å². The van der Waals surface area contributed by atoms with E-state index in [0.717, 1.165) is 24.3 Å². The molecule has 1 saturated heterocycles. The van der Waals surface area contributed by atoms with Crippen molar-refractivity contribution in [1.29, 1.82) is 0 Å². The summed E-state index contributed by atoms with van der Waals surface area (Å²) in [5.41, 5.74) is 0.594. The van der Waals surface area contributed by atoms with Crippen LogP contribution in [0.15, 0.2) is 12.1 Å². The standard InChI is InChI=1S/C14H18ClNO3S/c1-18-12-8-11(13(19-2)7-10(12)15)16-14(17)9-3-5-20-6-4-9/h7-9H,3-6H2,1-2H3,(H,16,17). The highest BCUT2D eigenvalue weighted by Crippen LogP contribution is 2.36. The highest BCUT2D eigenvalue weighted by Gasteiger charge is 2.22. The van der Waals surface area contributed by atoms with Gasteiger partial charge in [-0.25, -0.2) is 0 Å². The maximum Gasteiger partial charge on any atom is 0.227 e. The van der Waals surface area contributed by atoms with Gasteiger partial charge in [0.05, 0.1) is 24.9 Å². The van der Waals surface area contributed by atoms with Crippen LogP contribution in [-0.2, 0) is 4.79 Å². The van der Waals surface area contributed by atoms with Crippen LogP contribution in [0.1, 0.15) is 12.8 Å². The molecule has 1 N–H and O–H groups in total. The molecule has 1 aliphatic rings. The quantitative estimate of drug-likeness (QED) is 0.924. The van der Waals surface area contributed by atoms with Crippen molar-refractivity contribution in [3.8, 4) is 11.5 Å². The smallest absolute Gasteiger partial charge is 0.227 e. The van der Waals surface area contributed by atoms with E-state index in [1.165, 1.54) is 7.11 Å². The first-order valence-electron chi connectivity index (χ1n) is 6.46. The minimum Gasteiger partial charge on any atom is -0.495 e. The molecule has 110 valence electrons. The molecular weight excluding hydrogens is 298 g/mol. The van der Waals surface area contributed by atoms with Crippen molar-refractivity contribution < 1.29 is 14.3 Å². The zero-order valence-electron chi connectivity index (χ0n) is 11.6. The molecule has 0 bridgehead atoms. The molecule has 1 aromatic rings. The van der Waals surface area contributed by atoms with E-state index in [0.29, 0.717) is 22.2 Å². The monoisotopic (exact) mass is 315 g/mol. The lowest BCUT2D eigenvalue weighted by molar-refractivity contribution is -0.120. The fraction of sp³-hybridized carbons (Fsp3) is 0.500. The van der Waals surface area contributed by atoms with E-state index in [2.05, 4.69) is 5.32 Å². The molecule has 1 heterocycles. The first-order chi connectivity index (χ1) is 9.65. The number of hydrogen-bond donors (Lipinski definition) is 1. The molecule has 0 saturated carbocycles. The van der Waals surface area contributed by atoms with Crippen LogP contribution in [0.3, 0.4) is 0 Å².